The van der Waals surface area contributed by atoms with E-state index in [4.69, 9.17) is 10.5 Å². The van der Waals surface area contributed by atoms with E-state index in [1.54, 1.807) is 30.2 Å². The second kappa shape index (κ2) is 9.06. The minimum absolute atomic E-state index is 0.418. The molecule has 3 N–H and O–H groups in total. The van der Waals surface area contributed by atoms with E-state index in [1.165, 1.54) is 0 Å². The summed E-state index contributed by atoms with van der Waals surface area (Å²) in [6, 6.07) is 9.35. The highest BCUT2D eigenvalue weighted by molar-refractivity contribution is 5.79. The van der Waals surface area contributed by atoms with Crippen LogP contribution in [0.3, 0.4) is 0 Å². The van der Waals surface area contributed by atoms with Gasteiger partial charge in [-0.3, -0.25) is 0 Å². The molecule has 4 aromatic rings. The summed E-state index contributed by atoms with van der Waals surface area (Å²) in [5.41, 5.74) is 10.8. The molecule has 0 aliphatic rings. The maximum atomic E-state index is 6.36. The average Bonchev–Trinajstić information content (AvgIpc) is 3.26. The van der Waals surface area contributed by atoms with Gasteiger partial charge in [-0.05, 0) is 38.4 Å². The number of nitrogen functional groups attached to an aromatic ring is 1. The van der Waals surface area contributed by atoms with Crippen molar-refractivity contribution in [1.82, 2.24) is 29.5 Å². The molecule has 4 rings (SSSR count). The van der Waals surface area contributed by atoms with Crippen LogP contribution < -0.4 is 20.7 Å². The number of benzene rings is 1. The summed E-state index contributed by atoms with van der Waals surface area (Å²) in [4.78, 5) is 17.4. The number of nitrogens with two attached hydrogens (primary N) is 1. The molecule has 10 nitrogen and oxygen atoms in total. The van der Waals surface area contributed by atoms with Gasteiger partial charge in [0.05, 0.1) is 29.9 Å². The van der Waals surface area contributed by atoms with Crippen molar-refractivity contribution >= 4 is 28.7 Å². The normalized spacial score (nSPS) is 11.2. The minimum Gasteiger partial charge on any atom is -0.494 e. The van der Waals surface area contributed by atoms with E-state index < -0.39 is 0 Å². The zero-order valence-corrected chi connectivity index (χ0v) is 18.6. The molecule has 0 spiro atoms. The van der Waals surface area contributed by atoms with Crippen LogP contribution in [-0.2, 0) is 0 Å². The summed E-state index contributed by atoms with van der Waals surface area (Å²) in [6.07, 6.45) is 5.19. The molecule has 0 saturated carbocycles. The molecule has 32 heavy (non-hydrogen) atoms. The van der Waals surface area contributed by atoms with E-state index in [9.17, 15) is 0 Å². The fourth-order valence-corrected chi connectivity index (χ4v) is 3.29. The molecule has 0 bridgehead atoms. The molecule has 0 unspecified atom stereocenters. The van der Waals surface area contributed by atoms with Crippen LogP contribution in [0.25, 0.3) is 17.0 Å². The third-order valence-electron chi connectivity index (χ3n) is 5.06. The number of methoxy groups -OCH3 is 1. The predicted octanol–water partition coefficient (Wildman–Crippen LogP) is 2.52. The number of nitrogens with one attached hydrogen (secondary N) is 1. The number of hydrogen-bond acceptors (Lipinski definition) is 9. The van der Waals surface area contributed by atoms with Gasteiger partial charge in [0.1, 0.15) is 11.4 Å². The molecule has 10 heteroatoms. The molecular weight excluding hydrogens is 406 g/mol. The highest BCUT2D eigenvalue weighted by Gasteiger charge is 2.14. The van der Waals surface area contributed by atoms with Crippen LogP contribution in [0.5, 0.6) is 5.75 Å². The first kappa shape index (κ1) is 21.3. The van der Waals surface area contributed by atoms with Gasteiger partial charge in [0.2, 0.25) is 5.95 Å². The maximum absolute atomic E-state index is 6.36. The summed E-state index contributed by atoms with van der Waals surface area (Å²) in [6.45, 7) is 1.75. The second-order valence-electron chi connectivity index (χ2n) is 7.68. The van der Waals surface area contributed by atoms with Crippen molar-refractivity contribution in [2.45, 2.75) is 0 Å². The van der Waals surface area contributed by atoms with E-state index in [1.807, 2.05) is 51.5 Å². The number of nitrogens with zero attached hydrogens (tertiary/aromatic N) is 7. The third kappa shape index (κ3) is 4.54. The van der Waals surface area contributed by atoms with Crippen molar-refractivity contribution in [3.8, 4) is 17.1 Å². The fourth-order valence-electron chi connectivity index (χ4n) is 3.29. The Morgan fingerprint density at radius 2 is 1.88 bits per heavy atom. The monoisotopic (exact) mass is 433 g/mol. The number of imidazole rings is 1. The zero-order chi connectivity index (χ0) is 22.7. The van der Waals surface area contributed by atoms with Crippen LogP contribution in [0.4, 0.5) is 23.0 Å². The molecule has 0 fully saturated rings. The van der Waals surface area contributed by atoms with Gasteiger partial charge >= 0.3 is 0 Å². The summed E-state index contributed by atoms with van der Waals surface area (Å²) in [7, 11) is 7.73. The van der Waals surface area contributed by atoms with Crippen molar-refractivity contribution in [2.24, 2.45) is 0 Å². The first-order valence-corrected chi connectivity index (χ1v) is 10.2. The zero-order valence-electron chi connectivity index (χ0n) is 18.6. The standard InChI is InChI=1S/C22H27N9O/c1-29(2)11-12-30(3)19-14-20(32-4)18(13-15(19)23)27-22-25-8-7-16(26-22)17-5-6-21-24-9-10-31(21)28-17/h5-10,13-14H,11-12,23H2,1-4H3,(H,25,26,27). The van der Waals surface area contributed by atoms with Crippen molar-refractivity contribution < 1.29 is 4.74 Å². The van der Waals surface area contributed by atoms with E-state index in [0.717, 1.165) is 24.4 Å². The fraction of sp³-hybridized carbons (Fsp3) is 0.273. The van der Waals surface area contributed by atoms with E-state index in [-0.39, 0.29) is 0 Å². The summed E-state index contributed by atoms with van der Waals surface area (Å²) in [5.74, 6) is 1.07. The summed E-state index contributed by atoms with van der Waals surface area (Å²) >= 11 is 0. The number of rotatable bonds is 8. The number of anilines is 4. The second-order valence-corrected chi connectivity index (χ2v) is 7.68. The highest BCUT2D eigenvalue weighted by Crippen LogP contribution is 2.36. The van der Waals surface area contributed by atoms with Crippen molar-refractivity contribution in [3.05, 3.63) is 48.9 Å². The Morgan fingerprint density at radius 3 is 2.66 bits per heavy atom. The predicted molar refractivity (Wildman–Crippen MR) is 127 cm³/mol. The smallest absolute Gasteiger partial charge is 0.227 e. The minimum atomic E-state index is 0.418. The Kier molecular flexibility index (Phi) is 6.04. The lowest BCUT2D eigenvalue weighted by molar-refractivity contribution is 0.413. The maximum Gasteiger partial charge on any atom is 0.227 e. The Bertz CT molecular complexity index is 1220. The number of hydrogen-bond donors (Lipinski definition) is 2. The van der Waals surface area contributed by atoms with Crippen molar-refractivity contribution in [3.63, 3.8) is 0 Å². The van der Waals surface area contributed by atoms with Crippen LogP contribution in [0.2, 0.25) is 0 Å². The molecule has 0 saturated heterocycles. The van der Waals surface area contributed by atoms with Gasteiger partial charge in [0.25, 0.3) is 0 Å². The Morgan fingerprint density at radius 1 is 1.03 bits per heavy atom. The molecule has 0 amide bonds. The van der Waals surface area contributed by atoms with E-state index >= 15 is 0 Å². The van der Waals surface area contributed by atoms with Gasteiger partial charge in [0.15, 0.2) is 5.65 Å². The summed E-state index contributed by atoms with van der Waals surface area (Å²) in [5, 5.41) is 7.77. The first-order chi connectivity index (χ1) is 15.4. The number of ether oxygens (including phenoxy) is 1. The van der Waals surface area contributed by atoms with Crippen molar-refractivity contribution in [1.29, 1.82) is 0 Å². The lowest BCUT2D eigenvalue weighted by atomic mass is 10.2. The van der Waals surface area contributed by atoms with Crippen LogP contribution >= 0.6 is 0 Å². The van der Waals surface area contributed by atoms with Gasteiger partial charge in [-0.15, -0.1) is 0 Å². The third-order valence-corrected chi connectivity index (χ3v) is 5.06. The summed E-state index contributed by atoms with van der Waals surface area (Å²) < 4.78 is 7.32. The first-order valence-electron chi connectivity index (χ1n) is 10.2. The molecule has 0 aliphatic carbocycles. The number of aromatic nitrogens is 5. The van der Waals surface area contributed by atoms with E-state index in [0.29, 0.717) is 34.5 Å². The number of fused-ring (bicyclic) bond motifs is 1. The van der Waals surface area contributed by atoms with Gasteiger partial charge < -0.3 is 25.6 Å². The lowest BCUT2D eigenvalue weighted by Crippen LogP contribution is -2.29. The molecule has 0 radical (unpaired) electrons. The van der Waals surface area contributed by atoms with Gasteiger partial charge in [0, 0.05) is 44.8 Å². The van der Waals surface area contributed by atoms with Crippen LogP contribution in [0, 0.1) is 0 Å². The van der Waals surface area contributed by atoms with Gasteiger partial charge in [-0.2, -0.15) is 5.10 Å². The largest absolute Gasteiger partial charge is 0.494 e. The average molecular weight is 434 g/mol. The SMILES string of the molecule is COc1cc(N(C)CCN(C)C)c(N)cc1Nc1nccc(-c2ccc3nccn3n2)n1. The molecule has 166 valence electrons. The van der Waals surface area contributed by atoms with Crippen LogP contribution in [-0.4, -0.2) is 70.8 Å². The lowest BCUT2D eigenvalue weighted by Gasteiger charge is -2.24. The molecule has 3 heterocycles. The van der Waals surface area contributed by atoms with Crippen molar-refractivity contribution in [2.75, 3.05) is 57.3 Å². The molecule has 1 aromatic carbocycles. The Labute approximate surface area is 186 Å². The Hall–Kier alpha value is -3.92. The molecule has 0 aliphatic heterocycles. The van der Waals surface area contributed by atoms with Gasteiger partial charge in [-0.25, -0.2) is 19.5 Å². The van der Waals surface area contributed by atoms with Gasteiger partial charge in [-0.1, -0.05) is 0 Å². The van der Waals surface area contributed by atoms with Crippen LogP contribution in [0.15, 0.2) is 48.9 Å². The topological polar surface area (TPSA) is 110 Å². The molecule has 0 atom stereocenters. The molecule has 3 aromatic heterocycles. The highest BCUT2D eigenvalue weighted by atomic mass is 16.5. The van der Waals surface area contributed by atoms with Crippen LogP contribution in [0.1, 0.15) is 0 Å². The quantitative estimate of drug-likeness (QED) is 0.405. The molecular formula is C22H27N9O. The Balaban J connectivity index is 1.59. The van der Waals surface area contributed by atoms with E-state index in [2.05, 4.69) is 35.2 Å². The number of likely N-dealkylation sites (N-methyl/N-ethyl adjacent to an activating group) is 2.